The van der Waals surface area contributed by atoms with Crippen molar-refractivity contribution in [3.63, 3.8) is 0 Å². The first-order chi connectivity index (χ1) is 7.60. The molecule has 0 atom stereocenters. The molecule has 3 heteroatoms. The van der Waals surface area contributed by atoms with Gasteiger partial charge in [-0.1, -0.05) is 37.1 Å². The Morgan fingerprint density at radius 2 is 2.19 bits per heavy atom. The zero-order valence-corrected chi connectivity index (χ0v) is 10.7. The summed E-state index contributed by atoms with van der Waals surface area (Å²) in [5.74, 6) is 1.19. The molecule has 0 spiro atoms. The molecule has 1 aromatic rings. The van der Waals surface area contributed by atoms with Gasteiger partial charge in [0.1, 0.15) is 5.75 Å². The monoisotopic (exact) mass is 239 g/mol. The maximum absolute atomic E-state index is 6.15. The molecule has 0 aliphatic carbocycles. The summed E-state index contributed by atoms with van der Waals surface area (Å²) in [6, 6.07) is 5.62. The van der Waals surface area contributed by atoms with Gasteiger partial charge in [0.05, 0.1) is 12.1 Å². The first-order valence-corrected chi connectivity index (χ1v) is 5.71. The number of methoxy groups -OCH3 is 1. The van der Waals surface area contributed by atoms with Crippen molar-refractivity contribution in [3.05, 3.63) is 34.4 Å². The van der Waals surface area contributed by atoms with E-state index >= 15 is 0 Å². The lowest BCUT2D eigenvalue weighted by atomic mass is 10.00. The summed E-state index contributed by atoms with van der Waals surface area (Å²) in [6.07, 6.45) is 2.02. The van der Waals surface area contributed by atoms with Gasteiger partial charge < -0.3 is 10.5 Å². The summed E-state index contributed by atoms with van der Waals surface area (Å²) in [7, 11) is 1.64. The molecule has 0 aliphatic heterocycles. The second-order valence-electron chi connectivity index (χ2n) is 3.93. The highest BCUT2D eigenvalue weighted by atomic mass is 35.5. The zero-order valence-electron chi connectivity index (χ0n) is 9.96. The van der Waals surface area contributed by atoms with Crippen molar-refractivity contribution in [3.8, 4) is 5.75 Å². The standard InChI is InChI=1S/C13H18ClNO/c1-9(2)10(8-15)7-11-12(14)5-4-6-13(11)16-3/h4-7,9H,8,15H2,1-3H3/b10-7-. The van der Waals surface area contributed by atoms with Crippen LogP contribution in [0, 0.1) is 5.92 Å². The molecule has 0 heterocycles. The van der Waals surface area contributed by atoms with Crippen molar-refractivity contribution in [1.82, 2.24) is 0 Å². The minimum Gasteiger partial charge on any atom is -0.496 e. The van der Waals surface area contributed by atoms with Crippen LogP contribution in [0.1, 0.15) is 19.4 Å². The number of nitrogens with two attached hydrogens (primary N) is 1. The highest BCUT2D eigenvalue weighted by Gasteiger charge is 2.08. The second-order valence-corrected chi connectivity index (χ2v) is 4.34. The molecular formula is C13H18ClNO. The van der Waals surface area contributed by atoms with Crippen LogP contribution in [0.4, 0.5) is 0 Å². The normalized spacial score (nSPS) is 12.0. The molecule has 1 rings (SSSR count). The summed E-state index contributed by atoms with van der Waals surface area (Å²) in [6.45, 7) is 4.76. The summed E-state index contributed by atoms with van der Waals surface area (Å²) >= 11 is 6.15. The predicted molar refractivity (Wildman–Crippen MR) is 69.9 cm³/mol. The van der Waals surface area contributed by atoms with Crippen LogP contribution < -0.4 is 10.5 Å². The number of ether oxygens (including phenoxy) is 1. The quantitative estimate of drug-likeness (QED) is 0.875. The Morgan fingerprint density at radius 1 is 1.50 bits per heavy atom. The van der Waals surface area contributed by atoms with Crippen LogP contribution in [0.3, 0.4) is 0 Å². The molecule has 0 amide bonds. The third kappa shape index (κ3) is 3.00. The lowest BCUT2D eigenvalue weighted by Gasteiger charge is -2.12. The smallest absolute Gasteiger partial charge is 0.127 e. The highest BCUT2D eigenvalue weighted by Crippen LogP contribution is 2.29. The largest absolute Gasteiger partial charge is 0.496 e. The molecule has 0 aliphatic rings. The number of benzene rings is 1. The van der Waals surface area contributed by atoms with Crippen molar-refractivity contribution in [1.29, 1.82) is 0 Å². The number of halogens is 1. The molecule has 0 unspecified atom stereocenters. The third-order valence-electron chi connectivity index (χ3n) is 2.54. The molecule has 1 aromatic carbocycles. The Bertz CT molecular complexity index is 386. The van der Waals surface area contributed by atoms with Crippen LogP contribution in [-0.4, -0.2) is 13.7 Å². The maximum Gasteiger partial charge on any atom is 0.127 e. The van der Waals surface area contributed by atoms with E-state index in [4.69, 9.17) is 22.1 Å². The highest BCUT2D eigenvalue weighted by molar-refractivity contribution is 6.32. The van der Waals surface area contributed by atoms with Gasteiger partial charge in [0.25, 0.3) is 0 Å². The van der Waals surface area contributed by atoms with E-state index in [9.17, 15) is 0 Å². The molecule has 2 nitrogen and oxygen atoms in total. The van der Waals surface area contributed by atoms with Crippen LogP contribution in [0.25, 0.3) is 6.08 Å². The van der Waals surface area contributed by atoms with Crippen LogP contribution in [0.15, 0.2) is 23.8 Å². The first-order valence-electron chi connectivity index (χ1n) is 5.33. The number of hydrogen-bond acceptors (Lipinski definition) is 2. The van der Waals surface area contributed by atoms with Crippen LogP contribution in [0.2, 0.25) is 5.02 Å². The molecule has 0 radical (unpaired) electrons. The summed E-state index contributed by atoms with van der Waals surface area (Å²) in [4.78, 5) is 0. The van der Waals surface area contributed by atoms with E-state index in [0.717, 1.165) is 16.9 Å². The molecular weight excluding hydrogens is 222 g/mol. The van der Waals surface area contributed by atoms with Gasteiger partial charge >= 0.3 is 0 Å². The van der Waals surface area contributed by atoms with Crippen molar-refractivity contribution >= 4 is 17.7 Å². The van der Waals surface area contributed by atoms with Gasteiger partial charge in [-0.3, -0.25) is 0 Å². The van der Waals surface area contributed by atoms with Gasteiger partial charge in [0.15, 0.2) is 0 Å². The topological polar surface area (TPSA) is 35.2 Å². The average molecular weight is 240 g/mol. The minimum absolute atomic E-state index is 0.408. The summed E-state index contributed by atoms with van der Waals surface area (Å²) < 4.78 is 5.28. The van der Waals surface area contributed by atoms with E-state index in [0.29, 0.717) is 17.5 Å². The van der Waals surface area contributed by atoms with Crippen molar-refractivity contribution in [2.45, 2.75) is 13.8 Å². The van der Waals surface area contributed by atoms with E-state index in [-0.39, 0.29) is 0 Å². The van der Waals surface area contributed by atoms with Gasteiger partial charge in [-0.15, -0.1) is 0 Å². The van der Waals surface area contributed by atoms with Gasteiger partial charge in [0.2, 0.25) is 0 Å². The van der Waals surface area contributed by atoms with Crippen molar-refractivity contribution < 1.29 is 4.74 Å². The predicted octanol–water partition coefficient (Wildman–Crippen LogP) is 3.35. The Hall–Kier alpha value is -0.990. The van der Waals surface area contributed by atoms with Gasteiger partial charge in [-0.25, -0.2) is 0 Å². The Labute approximate surface area is 102 Å². The SMILES string of the molecule is COc1cccc(Cl)c1/C=C(/CN)C(C)C. The molecule has 0 saturated heterocycles. The van der Waals surface area contributed by atoms with Crippen molar-refractivity contribution in [2.75, 3.05) is 13.7 Å². The second kappa shape index (κ2) is 5.92. The zero-order chi connectivity index (χ0) is 12.1. The van der Waals surface area contributed by atoms with E-state index in [2.05, 4.69) is 13.8 Å². The molecule has 0 saturated carbocycles. The van der Waals surface area contributed by atoms with Gasteiger partial charge in [0, 0.05) is 12.1 Å². The van der Waals surface area contributed by atoms with E-state index in [1.807, 2.05) is 24.3 Å². The summed E-state index contributed by atoms with van der Waals surface area (Å²) in [5.41, 5.74) is 7.77. The Morgan fingerprint density at radius 3 is 2.69 bits per heavy atom. The molecule has 0 bridgehead atoms. The average Bonchev–Trinajstić information content (AvgIpc) is 2.26. The van der Waals surface area contributed by atoms with E-state index in [1.54, 1.807) is 7.11 Å². The fourth-order valence-corrected chi connectivity index (χ4v) is 1.70. The van der Waals surface area contributed by atoms with Crippen LogP contribution in [-0.2, 0) is 0 Å². The first kappa shape index (κ1) is 13.1. The fourth-order valence-electron chi connectivity index (χ4n) is 1.48. The number of rotatable bonds is 4. The van der Waals surface area contributed by atoms with Crippen LogP contribution in [0.5, 0.6) is 5.75 Å². The lowest BCUT2D eigenvalue weighted by molar-refractivity contribution is 0.414. The molecule has 16 heavy (non-hydrogen) atoms. The maximum atomic E-state index is 6.15. The van der Waals surface area contributed by atoms with Crippen LogP contribution >= 0.6 is 11.6 Å². The summed E-state index contributed by atoms with van der Waals surface area (Å²) in [5, 5.41) is 0.686. The molecule has 0 fully saturated rings. The van der Waals surface area contributed by atoms with Gasteiger partial charge in [-0.2, -0.15) is 0 Å². The Balaban J connectivity index is 3.21. The lowest BCUT2D eigenvalue weighted by Crippen LogP contribution is -2.08. The number of hydrogen-bond donors (Lipinski definition) is 1. The fraction of sp³-hybridized carbons (Fsp3) is 0.385. The van der Waals surface area contributed by atoms with Crippen molar-refractivity contribution in [2.24, 2.45) is 11.7 Å². The molecule has 88 valence electrons. The minimum atomic E-state index is 0.408. The van der Waals surface area contributed by atoms with Gasteiger partial charge in [-0.05, 0) is 24.1 Å². The van der Waals surface area contributed by atoms with E-state index < -0.39 is 0 Å². The third-order valence-corrected chi connectivity index (χ3v) is 2.87. The molecule has 0 aromatic heterocycles. The molecule has 2 N–H and O–H groups in total. The Kier molecular flexibility index (Phi) is 4.84. The van der Waals surface area contributed by atoms with E-state index in [1.165, 1.54) is 0 Å².